The highest BCUT2D eigenvalue weighted by atomic mass is 79.9. The number of hydrogen-bond acceptors (Lipinski definition) is 5. The number of carbonyl (C=O) groups excluding carboxylic acids is 3. The molecule has 1 N–H and O–H groups in total. The van der Waals surface area contributed by atoms with Crippen LogP contribution in [0.4, 0.5) is 4.79 Å². The van der Waals surface area contributed by atoms with Crippen molar-refractivity contribution in [1.82, 2.24) is 10.2 Å². The average Bonchev–Trinajstić information content (AvgIpc) is 2.82. The van der Waals surface area contributed by atoms with Gasteiger partial charge in [-0.2, -0.15) is 0 Å². The lowest BCUT2D eigenvalue weighted by Gasteiger charge is -2.10. The van der Waals surface area contributed by atoms with Gasteiger partial charge in [0.15, 0.2) is 6.61 Å². The van der Waals surface area contributed by atoms with Crippen LogP contribution in [0.3, 0.4) is 0 Å². The van der Waals surface area contributed by atoms with E-state index >= 15 is 0 Å². The molecule has 1 heterocycles. The molecule has 3 amide bonds. The maximum atomic E-state index is 12.3. The highest BCUT2D eigenvalue weighted by Gasteiger charge is 2.32. The number of benzene rings is 1. The highest BCUT2D eigenvalue weighted by Crippen LogP contribution is 2.26. The zero-order valence-electron chi connectivity index (χ0n) is 13.6. The van der Waals surface area contributed by atoms with Crippen LogP contribution < -0.4 is 10.1 Å². The summed E-state index contributed by atoms with van der Waals surface area (Å²) < 4.78 is 11.0. The molecule has 1 aromatic carbocycles. The smallest absolute Gasteiger partial charge is 0.344 e. The van der Waals surface area contributed by atoms with Gasteiger partial charge in [0.05, 0.1) is 6.61 Å². The molecular formula is C17H17BrN2O5. The van der Waals surface area contributed by atoms with E-state index in [0.29, 0.717) is 11.3 Å². The Bertz CT molecular complexity index is 745. The van der Waals surface area contributed by atoms with Crippen molar-refractivity contribution in [3.8, 4) is 5.75 Å². The third-order valence-electron chi connectivity index (χ3n) is 3.20. The number of nitrogens with zero attached hydrogens (tertiary/aromatic N) is 1. The zero-order chi connectivity index (χ0) is 18.4. The van der Waals surface area contributed by atoms with Crippen LogP contribution in [-0.2, 0) is 14.3 Å². The molecule has 1 aliphatic heterocycles. The Labute approximate surface area is 153 Å². The Hall–Kier alpha value is -2.61. The van der Waals surface area contributed by atoms with Crippen LogP contribution in [0.1, 0.15) is 12.5 Å². The first-order valence-corrected chi connectivity index (χ1v) is 8.29. The van der Waals surface area contributed by atoms with Crippen molar-refractivity contribution in [2.24, 2.45) is 0 Å². The topological polar surface area (TPSA) is 84.9 Å². The predicted molar refractivity (Wildman–Crippen MR) is 94.7 cm³/mol. The van der Waals surface area contributed by atoms with Crippen LogP contribution in [0.2, 0.25) is 0 Å². The Morgan fingerprint density at radius 1 is 1.40 bits per heavy atom. The molecule has 7 nitrogen and oxygen atoms in total. The summed E-state index contributed by atoms with van der Waals surface area (Å²) in [6, 6.07) is 4.59. The van der Waals surface area contributed by atoms with E-state index in [9.17, 15) is 14.4 Å². The van der Waals surface area contributed by atoms with E-state index < -0.39 is 17.9 Å². The minimum absolute atomic E-state index is 0.117. The maximum absolute atomic E-state index is 12.3. The Kier molecular flexibility index (Phi) is 6.35. The number of rotatable bonds is 7. The normalized spacial score (nSPS) is 15.3. The van der Waals surface area contributed by atoms with Gasteiger partial charge in [-0.05, 0) is 31.2 Å². The molecule has 8 heteroatoms. The van der Waals surface area contributed by atoms with E-state index in [1.165, 1.54) is 12.2 Å². The van der Waals surface area contributed by atoms with Crippen LogP contribution >= 0.6 is 15.9 Å². The van der Waals surface area contributed by atoms with Crippen LogP contribution in [0.5, 0.6) is 5.75 Å². The summed E-state index contributed by atoms with van der Waals surface area (Å²) in [7, 11) is 0. The van der Waals surface area contributed by atoms with Gasteiger partial charge >= 0.3 is 12.0 Å². The maximum Gasteiger partial charge on any atom is 0.344 e. The zero-order valence-corrected chi connectivity index (χ0v) is 15.2. The second kappa shape index (κ2) is 8.48. The molecule has 132 valence electrons. The van der Waals surface area contributed by atoms with Gasteiger partial charge in [0.2, 0.25) is 0 Å². The summed E-state index contributed by atoms with van der Waals surface area (Å²) in [5.41, 5.74) is 0.647. The number of imide groups is 1. The van der Waals surface area contributed by atoms with Crippen molar-refractivity contribution in [2.45, 2.75) is 6.92 Å². The van der Waals surface area contributed by atoms with Crippen LogP contribution in [0.15, 0.2) is 41.0 Å². The van der Waals surface area contributed by atoms with E-state index in [1.54, 1.807) is 25.1 Å². The lowest BCUT2D eigenvalue weighted by Crippen LogP contribution is -2.30. The van der Waals surface area contributed by atoms with Crippen LogP contribution in [0.25, 0.3) is 6.08 Å². The number of halogens is 1. The third-order valence-corrected chi connectivity index (χ3v) is 3.69. The number of urea groups is 1. The standard InChI is InChI=1S/C17H17BrN2O5/c1-3-7-20-16(22)13(19-17(20)23)9-11-8-12(18)5-6-14(11)25-10-15(21)24-4-2/h3,5-6,8-9H,1,4,7,10H2,2H3,(H,19,23)/b13-9+. The monoisotopic (exact) mass is 408 g/mol. The minimum atomic E-state index is -0.514. The summed E-state index contributed by atoms with van der Waals surface area (Å²) in [6.07, 6.45) is 2.96. The van der Waals surface area contributed by atoms with Gasteiger partial charge in [-0.3, -0.25) is 9.69 Å². The van der Waals surface area contributed by atoms with Crippen LogP contribution in [-0.4, -0.2) is 42.6 Å². The van der Waals surface area contributed by atoms with Crippen molar-refractivity contribution in [1.29, 1.82) is 0 Å². The fraction of sp³-hybridized carbons (Fsp3) is 0.235. The first-order valence-electron chi connectivity index (χ1n) is 7.49. The molecule has 0 spiro atoms. The fourth-order valence-electron chi connectivity index (χ4n) is 2.12. The summed E-state index contributed by atoms with van der Waals surface area (Å²) in [5.74, 6) is -0.569. The van der Waals surface area contributed by atoms with E-state index in [1.807, 2.05) is 0 Å². The average molecular weight is 409 g/mol. The summed E-state index contributed by atoms with van der Waals surface area (Å²) >= 11 is 3.34. The largest absolute Gasteiger partial charge is 0.481 e. The number of carbonyl (C=O) groups is 3. The van der Waals surface area contributed by atoms with E-state index in [-0.39, 0.29) is 25.5 Å². The molecule has 2 rings (SSSR count). The number of amides is 3. The molecule has 0 radical (unpaired) electrons. The molecule has 0 saturated carbocycles. The van der Waals surface area contributed by atoms with Gasteiger partial charge in [0.25, 0.3) is 5.91 Å². The Balaban J connectivity index is 2.25. The van der Waals surface area contributed by atoms with E-state index in [2.05, 4.69) is 27.8 Å². The Morgan fingerprint density at radius 2 is 2.16 bits per heavy atom. The van der Waals surface area contributed by atoms with Crippen molar-refractivity contribution in [3.05, 3.63) is 46.6 Å². The molecule has 1 aliphatic rings. The third kappa shape index (κ3) is 4.69. The fourth-order valence-corrected chi connectivity index (χ4v) is 2.50. The van der Waals surface area contributed by atoms with Crippen molar-refractivity contribution < 1.29 is 23.9 Å². The van der Waals surface area contributed by atoms with Gasteiger partial charge < -0.3 is 14.8 Å². The molecule has 1 fully saturated rings. The molecule has 0 atom stereocenters. The Morgan fingerprint density at radius 3 is 2.84 bits per heavy atom. The molecule has 1 saturated heterocycles. The molecule has 0 unspecified atom stereocenters. The minimum Gasteiger partial charge on any atom is -0.481 e. The van der Waals surface area contributed by atoms with Gasteiger partial charge in [-0.15, -0.1) is 6.58 Å². The number of ether oxygens (including phenoxy) is 2. The molecule has 0 bridgehead atoms. The summed E-state index contributed by atoms with van der Waals surface area (Å²) in [6.45, 7) is 5.35. The van der Waals surface area contributed by atoms with Gasteiger partial charge in [0.1, 0.15) is 11.4 Å². The van der Waals surface area contributed by atoms with Crippen molar-refractivity contribution >= 4 is 39.9 Å². The van der Waals surface area contributed by atoms with Crippen molar-refractivity contribution in [3.63, 3.8) is 0 Å². The molecule has 25 heavy (non-hydrogen) atoms. The SMILES string of the molecule is C=CCN1C(=O)N/C(=C/c2cc(Br)ccc2OCC(=O)OCC)C1=O. The highest BCUT2D eigenvalue weighted by molar-refractivity contribution is 9.10. The van der Waals surface area contributed by atoms with E-state index in [4.69, 9.17) is 9.47 Å². The van der Waals surface area contributed by atoms with Gasteiger partial charge in [-0.1, -0.05) is 22.0 Å². The molecule has 0 aliphatic carbocycles. The van der Waals surface area contributed by atoms with Crippen LogP contribution in [0, 0.1) is 0 Å². The predicted octanol–water partition coefficient (Wildman–Crippen LogP) is 2.47. The lowest BCUT2D eigenvalue weighted by atomic mass is 10.1. The molecule has 0 aromatic heterocycles. The molecular weight excluding hydrogens is 392 g/mol. The van der Waals surface area contributed by atoms with Gasteiger partial charge in [-0.25, -0.2) is 9.59 Å². The number of nitrogens with one attached hydrogen (secondary N) is 1. The van der Waals surface area contributed by atoms with E-state index in [0.717, 1.165) is 9.37 Å². The number of hydrogen-bond donors (Lipinski definition) is 1. The first-order chi connectivity index (χ1) is 12.0. The lowest BCUT2D eigenvalue weighted by molar-refractivity contribution is -0.145. The second-order valence-electron chi connectivity index (χ2n) is 4.97. The summed E-state index contributed by atoms with van der Waals surface area (Å²) in [4.78, 5) is 36.6. The molecule has 1 aromatic rings. The first kappa shape index (κ1) is 18.7. The number of esters is 1. The summed E-state index contributed by atoms with van der Waals surface area (Å²) in [5, 5.41) is 2.51. The quantitative estimate of drug-likeness (QED) is 0.324. The van der Waals surface area contributed by atoms with Crippen molar-refractivity contribution in [2.75, 3.05) is 19.8 Å². The van der Waals surface area contributed by atoms with Gasteiger partial charge in [0, 0.05) is 16.6 Å². The second-order valence-corrected chi connectivity index (χ2v) is 5.88.